The van der Waals surface area contributed by atoms with Gasteiger partial charge >= 0.3 is 0 Å². The lowest BCUT2D eigenvalue weighted by atomic mass is 10.1. The fraction of sp³-hybridized carbons (Fsp3) is 0.312. The number of hydrogen-bond acceptors (Lipinski definition) is 2. The third kappa shape index (κ3) is 3.70. The lowest BCUT2D eigenvalue weighted by Crippen LogP contribution is -2.03. The second kappa shape index (κ2) is 6.21. The lowest BCUT2D eigenvalue weighted by Gasteiger charge is -2.05. The summed E-state index contributed by atoms with van der Waals surface area (Å²) < 4.78 is 2.00. The van der Waals surface area contributed by atoms with Gasteiger partial charge in [-0.25, -0.2) is 0 Å². The van der Waals surface area contributed by atoms with Gasteiger partial charge in [0.15, 0.2) is 0 Å². The standard InChI is InChI=1S/C16H18N2O/c1-13-10-14(2)18(17-13)12-16-8-5-7-15(11-16)6-3-4-9-19/h5,7-8,10-11,19H,4,9,12H2,1-2H3. The summed E-state index contributed by atoms with van der Waals surface area (Å²) in [6.45, 7) is 4.93. The SMILES string of the molecule is Cc1cc(C)n(Cc2cccc(C#CCCO)c2)n1. The average molecular weight is 254 g/mol. The Kier molecular flexibility index (Phi) is 4.38. The van der Waals surface area contributed by atoms with Gasteiger partial charge < -0.3 is 5.11 Å². The van der Waals surface area contributed by atoms with Crippen LogP contribution in [0.1, 0.15) is 28.9 Å². The van der Waals surface area contributed by atoms with E-state index in [1.54, 1.807) is 0 Å². The molecule has 0 radical (unpaired) electrons. The van der Waals surface area contributed by atoms with E-state index in [2.05, 4.69) is 42.1 Å². The van der Waals surface area contributed by atoms with Crippen LogP contribution in [-0.2, 0) is 6.54 Å². The van der Waals surface area contributed by atoms with Gasteiger partial charge in [0.25, 0.3) is 0 Å². The van der Waals surface area contributed by atoms with Crippen LogP contribution in [0.15, 0.2) is 30.3 Å². The first-order chi connectivity index (χ1) is 9.19. The third-order valence-electron chi connectivity index (χ3n) is 2.83. The van der Waals surface area contributed by atoms with Crippen LogP contribution in [0.2, 0.25) is 0 Å². The molecular formula is C16H18N2O. The quantitative estimate of drug-likeness (QED) is 0.853. The van der Waals surface area contributed by atoms with E-state index in [0.717, 1.165) is 23.5 Å². The van der Waals surface area contributed by atoms with Crippen molar-refractivity contribution in [3.63, 3.8) is 0 Å². The first-order valence-corrected chi connectivity index (χ1v) is 6.39. The van der Waals surface area contributed by atoms with Gasteiger partial charge in [0.05, 0.1) is 18.8 Å². The molecule has 0 aliphatic heterocycles. The van der Waals surface area contributed by atoms with Crippen LogP contribution < -0.4 is 0 Å². The molecule has 0 spiro atoms. The molecule has 0 amide bonds. The highest BCUT2D eigenvalue weighted by Gasteiger charge is 2.02. The van der Waals surface area contributed by atoms with E-state index in [9.17, 15) is 0 Å². The van der Waals surface area contributed by atoms with Gasteiger partial charge in [-0.1, -0.05) is 24.0 Å². The maximum Gasteiger partial charge on any atom is 0.0662 e. The topological polar surface area (TPSA) is 38.0 Å². The Hall–Kier alpha value is -2.05. The van der Waals surface area contributed by atoms with E-state index in [-0.39, 0.29) is 6.61 Å². The molecule has 0 fully saturated rings. The van der Waals surface area contributed by atoms with Gasteiger partial charge in [-0.05, 0) is 37.6 Å². The van der Waals surface area contributed by atoms with Gasteiger partial charge in [-0.15, -0.1) is 0 Å². The Bertz CT molecular complexity index is 617. The Morgan fingerprint density at radius 2 is 2.11 bits per heavy atom. The molecule has 1 aromatic heterocycles. The summed E-state index contributed by atoms with van der Waals surface area (Å²) in [6.07, 6.45) is 0.516. The summed E-state index contributed by atoms with van der Waals surface area (Å²) in [5, 5.41) is 13.2. The molecule has 3 nitrogen and oxygen atoms in total. The number of aryl methyl sites for hydroxylation is 2. The van der Waals surface area contributed by atoms with Crippen molar-refractivity contribution in [2.24, 2.45) is 0 Å². The van der Waals surface area contributed by atoms with Crippen LogP contribution in [0.3, 0.4) is 0 Å². The monoisotopic (exact) mass is 254 g/mol. The molecule has 0 bridgehead atoms. The van der Waals surface area contributed by atoms with E-state index in [1.807, 2.05) is 23.7 Å². The largest absolute Gasteiger partial charge is 0.395 e. The Labute approximate surface area is 113 Å². The zero-order valence-electron chi connectivity index (χ0n) is 11.3. The fourth-order valence-corrected chi connectivity index (χ4v) is 1.98. The number of aliphatic hydroxyl groups is 1. The summed E-state index contributed by atoms with van der Waals surface area (Å²) in [7, 11) is 0. The first-order valence-electron chi connectivity index (χ1n) is 6.39. The second-order valence-corrected chi connectivity index (χ2v) is 4.56. The van der Waals surface area contributed by atoms with Gasteiger partial charge in [-0.2, -0.15) is 5.10 Å². The van der Waals surface area contributed by atoms with Crippen molar-refractivity contribution < 1.29 is 5.11 Å². The number of benzene rings is 1. The van der Waals surface area contributed by atoms with Crippen molar-refractivity contribution in [2.45, 2.75) is 26.8 Å². The van der Waals surface area contributed by atoms with Crippen LogP contribution in [0.4, 0.5) is 0 Å². The van der Waals surface area contributed by atoms with Crippen LogP contribution in [-0.4, -0.2) is 21.5 Å². The van der Waals surface area contributed by atoms with Crippen LogP contribution in [0.5, 0.6) is 0 Å². The highest BCUT2D eigenvalue weighted by molar-refractivity contribution is 5.37. The number of hydrogen-bond donors (Lipinski definition) is 1. The van der Waals surface area contributed by atoms with Crippen molar-refractivity contribution in [3.05, 3.63) is 52.8 Å². The van der Waals surface area contributed by atoms with E-state index in [1.165, 1.54) is 5.56 Å². The van der Waals surface area contributed by atoms with Crippen LogP contribution in [0, 0.1) is 25.7 Å². The Morgan fingerprint density at radius 3 is 2.79 bits per heavy atom. The minimum absolute atomic E-state index is 0.110. The molecule has 98 valence electrons. The van der Waals surface area contributed by atoms with Crippen LogP contribution in [0.25, 0.3) is 0 Å². The zero-order chi connectivity index (χ0) is 13.7. The maximum atomic E-state index is 8.71. The van der Waals surface area contributed by atoms with Crippen molar-refractivity contribution in [2.75, 3.05) is 6.61 Å². The average Bonchev–Trinajstić information content (AvgIpc) is 2.69. The molecule has 3 heteroatoms. The number of aromatic nitrogens is 2. The Morgan fingerprint density at radius 1 is 1.26 bits per heavy atom. The summed E-state index contributed by atoms with van der Waals surface area (Å²) in [4.78, 5) is 0. The van der Waals surface area contributed by atoms with Crippen LogP contribution >= 0.6 is 0 Å². The molecule has 0 unspecified atom stereocenters. The molecule has 2 rings (SSSR count). The van der Waals surface area contributed by atoms with Crippen molar-refractivity contribution in [1.29, 1.82) is 0 Å². The Balaban J connectivity index is 2.16. The molecule has 0 saturated heterocycles. The molecule has 0 saturated carbocycles. The van der Waals surface area contributed by atoms with Gasteiger partial charge in [0.1, 0.15) is 0 Å². The minimum Gasteiger partial charge on any atom is -0.395 e. The number of nitrogens with zero attached hydrogens (tertiary/aromatic N) is 2. The molecule has 1 N–H and O–H groups in total. The molecule has 0 atom stereocenters. The van der Waals surface area contributed by atoms with E-state index < -0.39 is 0 Å². The molecule has 1 heterocycles. The summed E-state index contributed by atoms with van der Waals surface area (Å²) in [6, 6.07) is 10.2. The summed E-state index contributed by atoms with van der Waals surface area (Å²) in [5.41, 5.74) is 4.36. The maximum absolute atomic E-state index is 8.71. The zero-order valence-corrected chi connectivity index (χ0v) is 11.3. The summed E-state index contributed by atoms with van der Waals surface area (Å²) in [5.74, 6) is 5.99. The second-order valence-electron chi connectivity index (χ2n) is 4.56. The predicted octanol–water partition coefficient (Wildman–Crippen LogP) is 2.28. The van der Waals surface area contributed by atoms with E-state index >= 15 is 0 Å². The highest BCUT2D eigenvalue weighted by Crippen LogP contribution is 2.09. The highest BCUT2D eigenvalue weighted by atomic mass is 16.2. The third-order valence-corrected chi connectivity index (χ3v) is 2.83. The normalized spacial score (nSPS) is 10.1. The molecule has 1 aromatic carbocycles. The minimum atomic E-state index is 0.110. The van der Waals surface area contributed by atoms with Gasteiger partial charge in [0, 0.05) is 17.7 Å². The van der Waals surface area contributed by atoms with Gasteiger partial charge in [-0.3, -0.25) is 4.68 Å². The fourth-order valence-electron chi connectivity index (χ4n) is 1.98. The number of aliphatic hydroxyl groups excluding tert-OH is 1. The van der Waals surface area contributed by atoms with Crippen molar-refractivity contribution in [1.82, 2.24) is 9.78 Å². The molecule has 0 aliphatic rings. The molecule has 0 aliphatic carbocycles. The molecule has 19 heavy (non-hydrogen) atoms. The molecule has 2 aromatic rings. The van der Waals surface area contributed by atoms with Crippen molar-refractivity contribution >= 4 is 0 Å². The number of rotatable bonds is 3. The molecular weight excluding hydrogens is 236 g/mol. The summed E-state index contributed by atoms with van der Waals surface area (Å²) >= 11 is 0. The van der Waals surface area contributed by atoms with Gasteiger partial charge in [0.2, 0.25) is 0 Å². The van der Waals surface area contributed by atoms with E-state index in [0.29, 0.717) is 6.42 Å². The van der Waals surface area contributed by atoms with E-state index in [4.69, 9.17) is 5.11 Å². The van der Waals surface area contributed by atoms with Crippen molar-refractivity contribution in [3.8, 4) is 11.8 Å². The lowest BCUT2D eigenvalue weighted by molar-refractivity contribution is 0.305. The predicted molar refractivity (Wildman–Crippen MR) is 75.8 cm³/mol. The first kappa shape index (κ1) is 13.4. The smallest absolute Gasteiger partial charge is 0.0662 e.